The summed E-state index contributed by atoms with van der Waals surface area (Å²) in [5, 5.41) is 46.8. The lowest BCUT2D eigenvalue weighted by Crippen LogP contribution is -2.77. The largest absolute Gasteiger partial charge is 0.481 e. The zero-order valence-electron chi connectivity index (χ0n) is 30.6. The van der Waals surface area contributed by atoms with Gasteiger partial charge in [-0.05, 0) is 122 Å². The lowest BCUT2D eigenvalue weighted by Gasteiger charge is -2.78. The van der Waals surface area contributed by atoms with Gasteiger partial charge in [0.15, 0.2) is 5.79 Å². The van der Waals surface area contributed by atoms with Crippen LogP contribution in [0.5, 0.6) is 0 Å². The van der Waals surface area contributed by atoms with E-state index in [2.05, 4.69) is 58.9 Å². The summed E-state index contributed by atoms with van der Waals surface area (Å²) in [7, 11) is 1.72. The molecule has 1 aliphatic heterocycles. The van der Waals surface area contributed by atoms with E-state index >= 15 is 0 Å². The molecule has 6 fully saturated rings. The van der Waals surface area contributed by atoms with E-state index in [4.69, 9.17) is 9.47 Å². The Kier molecular flexibility index (Phi) is 8.00. The fourth-order valence-corrected chi connectivity index (χ4v) is 14.5. The van der Waals surface area contributed by atoms with Crippen LogP contribution in [0.3, 0.4) is 0 Å². The Balaban J connectivity index is 1.29. The summed E-state index contributed by atoms with van der Waals surface area (Å²) in [5.41, 5.74) is -0.188. The van der Waals surface area contributed by atoms with Gasteiger partial charge in [-0.1, -0.05) is 58.9 Å². The molecule has 0 unspecified atom stereocenters. The molecule has 0 aromatic heterocycles. The molecule has 1 aromatic rings. The number of carboxylic acid groups (broad SMARTS) is 1. The second kappa shape index (κ2) is 11.0. The van der Waals surface area contributed by atoms with Crippen molar-refractivity contribution in [2.24, 2.45) is 55.7 Å². The number of aliphatic carboxylic acids is 1. The summed E-state index contributed by atoms with van der Waals surface area (Å²) in [4.78, 5) is 12.6. The number of methoxy groups -OCH3 is 1. The number of hydrogen-bond acceptors (Lipinski definition) is 6. The number of carbonyl (C=O) groups is 1. The van der Waals surface area contributed by atoms with Crippen molar-refractivity contribution in [1.29, 1.82) is 0 Å². The summed E-state index contributed by atoms with van der Waals surface area (Å²) in [6, 6.07) is 8.62. The molecular formula is C41H62O7. The van der Waals surface area contributed by atoms with Crippen LogP contribution in [-0.4, -0.2) is 64.7 Å². The van der Waals surface area contributed by atoms with Crippen LogP contribution in [0, 0.1) is 55.7 Å². The first kappa shape index (κ1) is 34.9. The molecule has 1 spiro atoms. The first-order chi connectivity index (χ1) is 22.5. The summed E-state index contributed by atoms with van der Waals surface area (Å²) in [6.45, 7) is 14.4. The van der Waals surface area contributed by atoms with Crippen LogP contribution in [-0.2, 0) is 27.1 Å². The van der Waals surface area contributed by atoms with E-state index in [1.807, 2.05) is 6.92 Å². The van der Waals surface area contributed by atoms with Crippen LogP contribution < -0.4 is 0 Å². The van der Waals surface area contributed by atoms with Crippen LogP contribution in [0.2, 0.25) is 0 Å². The Morgan fingerprint density at radius 1 is 0.875 bits per heavy atom. The monoisotopic (exact) mass is 666 g/mol. The van der Waals surface area contributed by atoms with Gasteiger partial charge in [-0.2, -0.15) is 0 Å². The molecule has 7 nitrogen and oxygen atoms in total. The van der Waals surface area contributed by atoms with Crippen molar-refractivity contribution in [1.82, 2.24) is 0 Å². The molecule has 2 bridgehead atoms. The maximum atomic E-state index is 12.6. The minimum absolute atomic E-state index is 0.0510. The topological polar surface area (TPSA) is 116 Å². The summed E-state index contributed by atoms with van der Waals surface area (Å²) >= 11 is 0. The summed E-state index contributed by atoms with van der Waals surface area (Å²) in [6.07, 6.45) is 8.48. The fourth-order valence-electron chi connectivity index (χ4n) is 14.5. The molecule has 7 rings (SSSR count). The fraction of sp³-hybridized carbons (Fsp3) is 0.829. The molecule has 13 atom stereocenters. The first-order valence-electron chi connectivity index (χ1n) is 18.9. The van der Waals surface area contributed by atoms with Crippen molar-refractivity contribution < 1.29 is 34.7 Å². The van der Waals surface area contributed by atoms with Gasteiger partial charge in [0.25, 0.3) is 0 Å². The lowest BCUT2D eigenvalue weighted by atomic mass is 9.26. The lowest BCUT2D eigenvalue weighted by molar-refractivity contribution is -0.333. The Bertz CT molecular complexity index is 1430. The van der Waals surface area contributed by atoms with Crippen LogP contribution in [0.15, 0.2) is 24.3 Å². The minimum atomic E-state index is -1.44. The highest BCUT2D eigenvalue weighted by molar-refractivity contribution is 5.74. The van der Waals surface area contributed by atoms with E-state index in [-0.39, 0.29) is 47.2 Å². The number of benzene rings is 1. The summed E-state index contributed by atoms with van der Waals surface area (Å²) < 4.78 is 12.0. The molecule has 7 heteroatoms. The van der Waals surface area contributed by atoms with E-state index < -0.39 is 39.5 Å². The molecule has 1 heterocycles. The van der Waals surface area contributed by atoms with Gasteiger partial charge in [0, 0.05) is 30.3 Å². The maximum Gasteiger partial charge on any atom is 0.309 e. The zero-order chi connectivity index (χ0) is 34.8. The van der Waals surface area contributed by atoms with Crippen molar-refractivity contribution in [3.8, 4) is 0 Å². The summed E-state index contributed by atoms with van der Waals surface area (Å²) in [5.74, 6) is -1.79. The predicted molar refractivity (Wildman–Crippen MR) is 184 cm³/mol. The molecule has 1 saturated heterocycles. The van der Waals surface area contributed by atoms with Crippen molar-refractivity contribution in [3.05, 3.63) is 35.4 Å². The van der Waals surface area contributed by atoms with Crippen molar-refractivity contribution in [2.75, 3.05) is 20.3 Å². The number of hydrogen-bond donors (Lipinski definition) is 4. The molecule has 0 radical (unpaired) electrons. The third-order valence-electron chi connectivity index (χ3n) is 17.7. The third-order valence-corrected chi connectivity index (χ3v) is 17.7. The van der Waals surface area contributed by atoms with Crippen molar-refractivity contribution in [2.45, 2.75) is 137 Å². The maximum absolute atomic E-state index is 12.6. The molecule has 48 heavy (non-hydrogen) atoms. The normalized spacial score (nSPS) is 52.5. The van der Waals surface area contributed by atoms with E-state index in [0.29, 0.717) is 18.9 Å². The predicted octanol–water partition coefficient (Wildman–Crippen LogP) is 6.79. The Morgan fingerprint density at radius 3 is 2.12 bits per heavy atom. The van der Waals surface area contributed by atoms with Gasteiger partial charge in [-0.15, -0.1) is 0 Å². The van der Waals surface area contributed by atoms with Crippen LogP contribution in [0.25, 0.3) is 0 Å². The molecule has 0 amide bonds. The van der Waals surface area contributed by atoms with E-state index in [1.165, 1.54) is 5.56 Å². The highest BCUT2D eigenvalue weighted by Gasteiger charge is 2.83. The minimum Gasteiger partial charge on any atom is -0.481 e. The highest BCUT2D eigenvalue weighted by Crippen LogP contribution is 2.83. The zero-order valence-corrected chi connectivity index (χ0v) is 30.6. The second-order valence-corrected chi connectivity index (χ2v) is 18.9. The quantitative estimate of drug-likeness (QED) is 0.253. The van der Waals surface area contributed by atoms with Gasteiger partial charge >= 0.3 is 5.97 Å². The van der Waals surface area contributed by atoms with Gasteiger partial charge in [0.05, 0.1) is 30.8 Å². The van der Waals surface area contributed by atoms with Gasteiger partial charge in [0.2, 0.25) is 0 Å². The Morgan fingerprint density at radius 2 is 1.48 bits per heavy atom. The van der Waals surface area contributed by atoms with Crippen molar-refractivity contribution >= 4 is 5.97 Å². The molecule has 6 aliphatic rings. The average molecular weight is 667 g/mol. The van der Waals surface area contributed by atoms with Gasteiger partial charge < -0.3 is 29.9 Å². The van der Waals surface area contributed by atoms with E-state index in [1.54, 1.807) is 7.11 Å². The van der Waals surface area contributed by atoms with E-state index in [9.17, 15) is 25.2 Å². The van der Waals surface area contributed by atoms with Crippen molar-refractivity contribution in [3.63, 3.8) is 0 Å². The second-order valence-electron chi connectivity index (χ2n) is 18.9. The molecular weight excluding hydrogens is 604 g/mol. The van der Waals surface area contributed by atoms with Gasteiger partial charge in [-0.3, -0.25) is 4.79 Å². The van der Waals surface area contributed by atoms with Crippen LogP contribution in [0.4, 0.5) is 0 Å². The number of aliphatic hydroxyl groups is 3. The Labute approximate surface area is 288 Å². The number of aliphatic hydroxyl groups excluding tert-OH is 2. The van der Waals surface area contributed by atoms with E-state index in [0.717, 1.165) is 69.8 Å². The molecule has 1 aromatic carbocycles. The molecule has 268 valence electrons. The van der Waals surface area contributed by atoms with Crippen LogP contribution >= 0.6 is 0 Å². The first-order valence-corrected chi connectivity index (χ1v) is 18.9. The number of ether oxygens (including phenoxy) is 2. The van der Waals surface area contributed by atoms with Gasteiger partial charge in [-0.25, -0.2) is 0 Å². The highest BCUT2D eigenvalue weighted by atomic mass is 16.6. The molecule has 4 N–H and O–H groups in total. The average Bonchev–Trinajstić information content (AvgIpc) is 3.18. The smallest absolute Gasteiger partial charge is 0.309 e. The third kappa shape index (κ3) is 4.14. The standard InChI is InChI=1S/C41H62O7/c1-26-39-14-12-29-36(4)18-17-34(2)15-16-35(3,33(44)45)23-30(34)37(36,5)19-20-38(29,6)40(39,25-42)31(43)24-41(26,46)48-32(39)22-28-10-8-27(9-11-28)13-21-47-7/h8-11,26,29-32,42-43,46H,12-25H2,1-7H3,(H,44,45)/t26-,29-,30-,31+,32+,34-,35-,36-,37+,38-,39-,40+,41+/m1/s1. The van der Waals surface area contributed by atoms with Gasteiger partial charge in [0.1, 0.15) is 0 Å². The van der Waals surface area contributed by atoms with Crippen LogP contribution in [0.1, 0.15) is 117 Å². The number of rotatable bonds is 7. The Hall–Kier alpha value is -1.51. The molecule has 5 saturated carbocycles. The number of carboxylic acids is 1. The number of fused-ring (bicyclic) bond motifs is 7. The molecule has 5 aliphatic carbocycles. The SMILES string of the molecule is COCCc1ccc(C[C@@H]2O[C@@]3(O)C[C@H](O)[C@]4(CO)[C@]2(CC[C@H]2[C@@]4(C)CC[C@@]4(C)[C@@H]5C[C@](C)(C(=O)O)CC[C@]5(C)CC[C@]24C)[C@H]3C)cc1.